The summed E-state index contributed by atoms with van der Waals surface area (Å²) >= 11 is 11.9. The minimum absolute atomic E-state index is 0.0252. The summed E-state index contributed by atoms with van der Waals surface area (Å²) in [7, 11) is -2.19. The Hall–Kier alpha value is -0.860. The average molecular weight is 409 g/mol. The van der Waals surface area contributed by atoms with Crippen LogP contribution in [-0.2, 0) is 19.6 Å². The highest BCUT2D eigenvalue weighted by molar-refractivity contribution is 7.89. The molecule has 1 aliphatic heterocycles. The van der Waals surface area contributed by atoms with Crippen LogP contribution in [0.15, 0.2) is 23.1 Å². The van der Waals surface area contributed by atoms with Crippen LogP contribution in [0.2, 0.25) is 10.0 Å². The van der Waals surface area contributed by atoms with Crippen LogP contribution < -0.4 is 5.32 Å². The Kier molecular flexibility index (Phi) is 7.51. The van der Waals surface area contributed by atoms with Gasteiger partial charge in [0.1, 0.15) is 4.90 Å². The number of sulfonamides is 1. The van der Waals surface area contributed by atoms with E-state index in [9.17, 15) is 13.2 Å². The second-order valence-corrected chi connectivity index (χ2v) is 8.66. The molecule has 1 heterocycles. The van der Waals surface area contributed by atoms with E-state index >= 15 is 0 Å². The molecule has 1 aromatic carbocycles. The fourth-order valence-corrected chi connectivity index (χ4v) is 5.02. The van der Waals surface area contributed by atoms with Gasteiger partial charge in [-0.2, -0.15) is 4.31 Å². The number of nitrogens with one attached hydrogen (secondary N) is 1. The lowest BCUT2D eigenvalue weighted by molar-refractivity contribution is -0.126. The number of hydrogen-bond acceptors (Lipinski definition) is 4. The zero-order chi connectivity index (χ0) is 18.4. The molecule has 1 fully saturated rings. The van der Waals surface area contributed by atoms with Crippen molar-refractivity contribution in [3.63, 3.8) is 0 Å². The van der Waals surface area contributed by atoms with E-state index in [0.717, 1.165) is 6.42 Å². The van der Waals surface area contributed by atoms with Crippen LogP contribution in [-0.4, -0.2) is 52.0 Å². The van der Waals surface area contributed by atoms with E-state index in [2.05, 4.69) is 5.32 Å². The summed E-state index contributed by atoms with van der Waals surface area (Å²) < 4.78 is 32.0. The standard InChI is InChI=1S/C16H22Cl2N2O4S/c1-24-9-3-7-19-16(21)12-4-2-8-20(11-12)25(22,23)15-10-13(17)5-6-14(15)18/h5-6,10,12H,2-4,7-9,11H2,1H3,(H,19,21)/t12-/m0/s1. The molecule has 0 saturated carbocycles. The molecule has 0 bridgehead atoms. The molecule has 9 heteroatoms. The lowest BCUT2D eigenvalue weighted by atomic mass is 9.99. The number of rotatable bonds is 7. The summed E-state index contributed by atoms with van der Waals surface area (Å²) in [6, 6.07) is 4.34. The molecule has 0 radical (unpaired) electrons. The second kappa shape index (κ2) is 9.19. The zero-order valence-electron chi connectivity index (χ0n) is 14.0. The number of amides is 1. The fourth-order valence-electron chi connectivity index (χ4n) is 2.76. The minimum Gasteiger partial charge on any atom is -0.385 e. The summed E-state index contributed by atoms with van der Waals surface area (Å²) in [6.07, 6.45) is 1.99. The lowest BCUT2D eigenvalue weighted by Gasteiger charge is -2.31. The quantitative estimate of drug-likeness (QED) is 0.703. The van der Waals surface area contributed by atoms with Crippen molar-refractivity contribution in [3.8, 4) is 0 Å². The maximum absolute atomic E-state index is 12.9. The van der Waals surface area contributed by atoms with Gasteiger partial charge in [0.2, 0.25) is 15.9 Å². The van der Waals surface area contributed by atoms with Crippen LogP contribution in [0.1, 0.15) is 19.3 Å². The molecule has 2 rings (SSSR count). The van der Waals surface area contributed by atoms with Gasteiger partial charge >= 0.3 is 0 Å². The third-order valence-corrected chi connectivity index (χ3v) is 6.67. The number of piperidine rings is 1. The summed E-state index contributed by atoms with van der Waals surface area (Å²) in [5, 5.41) is 3.25. The van der Waals surface area contributed by atoms with Crippen LogP contribution in [0.4, 0.5) is 0 Å². The molecular formula is C16H22Cl2N2O4S. The molecule has 1 saturated heterocycles. The van der Waals surface area contributed by atoms with Crippen molar-refractivity contribution in [2.75, 3.05) is 33.4 Å². The van der Waals surface area contributed by atoms with E-state index in [-0.39, 0.29) is 28.3 Å². The molecule has 1 N–H and O–H groups in total. The number of ether oxygens (including phenoxy) is 1. The van der Waals surface area contributed by atoms with Crippen molar-refractivity contribution in [1.29, 1.82) is 0 Å². The Morgan fingerprint density at radius 3 is 2.88 bits per heavy atom. The largest absolute Gasteiger partial charge is 0.385 e. The maximum Gasteiger partial charge on any atom is 0.244 e. The zero-order valence-corrected chi connectivity index (χ0v) is 16.3. The van der Waals surface area contributed by atoms with Crippen LogP contribution in [0.5, 0.6) is 0 Å². The lowest BCUT2D eigenvalue weighted by Crippen LogP contribution is -2.45. The summed E-state index contributed by atoms with van der Waals surface area (Å²) in [5.41, 5.74) is 0. The fraction of sp³-hybridized carbons (Fsp3) is 0.562. The smallest absolute Gasteiger partial charge is 0.244 e. The van der Waals surface area contributed by atoms with Gasteiger partial charge in [-0.3, -0.25) is 4.79 Å². The normalized spacial score (nSPS) is 18.9. The highest BCUT2D eigenvalue weighted by Gasteiger charge is 2.34. The predicted molar refractivity (Wildman–Crippen MR) is 97.4 cm³/mol. The number of carbonyl (C=O) groups is 1. The predicted octanol–water partition coefficient (Wildman–Crippen LogP) is 2.55. The Morgan fingerprint density at radius 1 is 1.40 bits per heavy atom. The van der Waals surface area contributed by atoms with Crippen LogP contribution in [0.3, 0.4) is 0 Å². The highest BCUT2D eigenvalue weighted by Crippen LogP contribution is 2.30. The SMILES string of the molecule is COCCCNC(=O)[C@H]1CCCN(S(=O)(=O)c2cc(Cl)ccc2Cl)C1. The van der Waals surface area contributed by atoms with Gasteiger partial charge < -0.3 is 10.1 Å². The second-order valence-electron chi connectivity index (χ2n) is 5.91. The van der Waals surface area contributed by atoms with Crippen LogP contribution >= 0.6 is 23.2 Å². The highest BCUT2D eigenvalue weighted by atomic mass is 35.5. The number of halogens is 2. The monoisotopic (exact) mass is 408 g/mol. The van der Waals surface area contributed by atoms with Gasteiger partial charge in [-0.05, 0) is 37.5 Å². The summed E-state index contributed by atoms with van der Waals surface area (Å²) in [5.74, 6) is -0.503. The third-order valence-electron chi connectivity index (χ3n) is 4.09. The first-order valence-corrected chi connectivity index (χ1v) is 10.3. The first-order chi connectivity index (χ1) is 11.9. The van der Waals surface area contributed by atoms with Gasteiger partial charge in [0, 0.05) is 38.4 Å². The first-order valence-electron chi connectivity index (χ1n) is 8.08. The molecule has 0 aliphatic carbocycles. The van der Waals surface area contributed by atoms with Gasteiger partial charge in [-0.15, -0.1) is 0 Å². The number of carbonyl (C=O) groups excluding carboxylic acids is 1. The van der Waals surface area contributed by atoms with Crippen molar-refractivity contribution in [2.45, 2.75) is 24.2 Å². The Bertz CT molecular complexity index is 712. The molecular weight excluding hydrogens is 387 g/mol. The number of methoxy groups -OCH3 is 1. The average Bonchev–Trinajstić information content (AvgIpc) is 2.60. The molecule has 140 valence electrons. The Morgan fingerprint density at radius 2 is 2.16 bits per heavy atom. The van der Waals surface area contributed by atoms with Gasteiger partial charge in [0.25, 0.3) is 0 Å². The number of hydrogen-bond donors (Lipinski definition) is 1. The molecule has 0 aromatic heterocycles. The number of benzene rings is 1. The van der Waals surface area contributed by atoms with Gasteiger partial charge in [0.15, 0.2) is 0 Å². The van der Waals surface area contributed by atoms with Gasteiger partial charge in [0.05, 0.1) is 10.9 Å². The van der Waals surface area contributed by atoms with Crippen molar-refractivity contribution >= 4 is 39.1 Å². The molecule has 25 heavy (non-hydrogen) atoms. The van der Waals surface area contributed by atoms with E-state index in [1.807, 2.05) is 0 Å². The Labute approximate surface area is 158 Å². The van der Waals surface area contributed by atoms with E-state index in [4.69, 9.17) is 27.9 Å². The van der Waals surface area contributed by atoms with E-state index in [1.165, 1.54) is 22.5 Å². The van der Waals surface area contributed by atoms with Crippen LogP contribution in [0.25, 0.3) is 0 Å². The molecule has 0 unspecified atom stereocenters. The van der Waals surface area contributed by atoms with E-state index in [0.29, 0.717) is 37.6 Å². The van der Waals surface area contributed by atoms with Gasteiger partial charge in [-0.1, -0.05) is 23.2 Å². The van der Waals surface area contributed by atoms with E-state index < -0.39 is 10.0 Å². The first kappa shape index (κ1) is 20.5. The summed E-state index contributed by atoms with van der Waals surface area (Å²) in [4.78, 5) is 12.2. The topological polar surface area (TPSA) is 75.7 Å². The molecule has 1 aromatic rings. The molecule has 0 spiro atoms. The van der Waals surface area contributed by atoms with Crippen molar-refractivity contribution in [2.24, 2.45) is 5.92 Å². The minimum atomic E-state index is -3.79. The van der Waals surface area contributed by atoms with Crippen LogP contribution in [0, 0.1) is 5.92 Å². The summed E-state index contributed by atoms with van der Waals surface area (Å²) in [6.45, 7) is 1.58. The van der Waals surface area contributed by atoms with Crippen molar-refractivity contribution in [1.82, 2.24) is 9.62 Å². The molecule has 1 amide bonds. The molecule has 6 nitrogen and oxygen atoms in total. The van der Waals surface area contributed by atoms with Crippen molar-refractivity contribution in [3.05, 3.63) is 28.2 Å². The molecule has 1 aliphatic rings. The van der Waals surface area contributed by atoms with Crippen molar-refractivity contribution < 1.29 is 17.9 Å². The van der Waals surface area contributed by atoms with Gasteiger partial charge in [-0.25, -0.2) is 8.42 Å². The molecule has 1 atom stereocenters. The van der Waals surface area contributed by atoms with E-state index in [1.54, 1.807) is 7.11 Å². The Balaban J connectivity index is 2.07. The third kappa shape index (κ3) is 5.31. The number of nitrogens with zero attached hydrogens (tertiary/aromatic N) is 1. The maximum atomic E-state index is 12.9.